The van der Waals surface area contributed by atoms with Crippen LogP contribution in [0.3, 0.4) is 0 Å². The second-order valence-corrected chi connectivity index (χ2v) is 8.59. The van der Waals surface area contributed by atoms with Gasteiger partial charge in [-0.25, -0.2) is 0 Å². The van der Waals surface area contributed by atoms with Crippen LogP contribution < -0.4 is 9.44 Å². The number of aromatic hydroxyl groups is 2. The van der Waals surface area contributed by atoms with E-state index in [0.717, 1.165) is 62.1 Å². The quantitative estimate of drug-likeness (QED) is 0.323. The summed E-state index contributed by atoms with van der Waals surface area (Å²) in [6.45, 7) is 12.4. The second kappa shape index (κ2) is 14.6. The third kappa shape index (κ3) is 9.59. The Kier molecular flexibility index (Phi) is 12.1. The van der Waals surface area contributed by atoms with Crippen LogP contribution in [0.5, 0.6) is 11.5 Å². The minimum absolute atomic E-state index is 0.302. The van der Waals surface area contributed by atoms with Gasteiger partial charge in [0.1, 0.15) is 11.5 Å². The third-order valence-corrected chi connectivity index (χ3v) is 6.29. The molecule has 8 heteroatoms. The molecule has 3 rings (SSSR count). The van der Waals surface area contributed by atoms with E-state index in [9.17, 15) is 10.2 Å². The van der Waals surface area contributed by atoms with Crippen LogP contribution in [-0.2, 0) is 0 Å². The van der Waals surface area contributed by atoms with Crippen molar-refractivity contribution in [1.29, 1.82) is 0 Å². The Hall–Kier alpha value is -1.42. The molecule has 1 heterocycles. The average Bonchev–Trinajstić information content (AvgIpc) is 2.79. The zero-order chi connectivity index (χ0) is 21.6. The summed E-state index contributed by atoms with van der Waals surface area (Å²) >= 11 is 3.22. The fourth-order valence-corrected chi connectivity index (χ4v) is 4.21. The Morgan fingerprint density at radius 2 is 1.00 bits per heavy atom. The zero-order valence-corrected chi connectivity index (χ0v) is 19.5. The number of piperazine rings is 1. The van der Waals surface area contributed by atoms with Crippen molar-refractivity contribution in [1.82, 2.24) is 19.2 Å². The maximum absolute atomic E-state index is 9.30. The topological polar surface area (TPSA) is 71.0 Å². The van der Waals surface area contributed by atoms with E-state index in [1.165, 1.54) is 0 Å². The SMILES string of the molecule is CC.Oc1ccc(SNCCN2CCN(CCNSc3ccc(O)cc3)CC2)cc1. The molecule has 2 aromatic rings. The summed E-state index contributed by atoms with van der Waals surface area (Å²) in [4.78, 5) is 7.22. The Labute approximate surface area is 189 Å². The van der Waals surface area contributed by atoms with Gasteiger partial charge in [0.15, 0.2) is 0 Å². The molecule has 0 amide bonds. The highest BCUT2D eigenvalue weighted by Crippen LogP contribution is 2.18. The molecule has 0 saturated carbocycles. The molecule has 0 bridgehead atoms. The monoisotopic (exact) mass is 450 g/mol. The Bertz CT molecular complexity index is 632. The lowest BCUT2D eigenvalue weighted by molar-refractivity contribution is 0.136. The van der Waals surface area contributed by atoms with Crippen molar-refractivity contribution in [3.8, 4) is 11.5 Å². The summed E-state index contributed by atoms with van der Waals surface area (Å²) < 4.78 is 6.78. The van der Waals surface area contributed by atoms with Crippen molar-refractivity contribution in [3.05, 3.63) is 48.5 Å². The van der Waals surface area contributed by atoms with Crippen LogP contribution in [0.25, 0.3) is 0 Å². The lowest BCUT2D eigenvalue weighted by Crippen LogP contribution is -2.48. The largest absolute Gasteiger partial charge is 0.508 e. The van der Waals surface area contributed by atoms with Crippen LogP contribution in [-0.4, -0.2) is 72.4 Å². The minimum atomic E-state index is 0.302. The molecule has 0 aliphatic carbocycles. The van der Waals surface area contributed by atoms with Crippen molar-refractivity contribution in [2.45, 2.75) is 23.6 Å². The van der Waals surface area contributed by atoms with Crippen molar-refractivity contribution in [2.24, 2.45) is 0 Å². The summed E-state index contributed by atoms with van der Waals surface area (Å²) in [5, 5.41) is 18.6. The van der Waals surface area contributed by atoms with E-state index in [4.69, 9.17) is 0 Å². The molecular weight excluding hydrogens is 416 g/mol. The number of rotatable bonds is 10. The van der Waals surface area contributed by atoms with Crippen molar-refractivity contribution >= 4 is 23.9 Å². The lowest BCUT2D eigenvalue weighted by Gasteiger charge is -2.34. The fourth-order valence-electron chi connectivity index (χ4n) is 2.94. The third-order valence-electron chi connectivity index (χ3n) is 4.58. The predicted octanol–water partition coefficient (Wildman–Crippen LogP) is 3.64. The number of phenols is 2. The average molecular weight is 451 g/mol. The second-order valence-electron chi connectivity index (χ2n) is 6.66. The van der Waals surface area contributed by atoms with Crippen LogP contribution in [0.15, 0.2) is 58.3 Å². The summed E-state index contributed by atoms with van der Waals surface area (Å²) in [7, 11) is 0. The van der Waals surface area contributed by atoms with E-state index in [0.29, 0.717) is 11.5 Å². The van der Waals surface area contributed by atoms with Gasteiger partial charge in [0.2, 0.25) is 0 Å². The smallest absolute Gasteiger partial charge is 0.115 e. The Morgan fingerprint density at radius 3 is 1.33 bits per heavy atom. The van der Waals surface area contributed by atoms with Crippen LogP contribution in [0.1, 0.15) is 13.8 Å². The Balaban J connectivity index is 0.00000155. The number of phenolic OH excluding ortho intramolecular Hbond substituents is 2. The number of nitrogens with zero attached hydrogens (tertiary/aromatic N) is 2. The molecule has 0 aromatic heterocycles. The zero-order valence-electron chi connectivity index (χ0n) is 17.9. The van der Waals surface area contributed by atoms with Crippen LogP contribution >= 0.6 is 23.9 Å². The molecular formula is C22H34N4O2S2. The van der Waals surface area contributed by atoms with E-state index >= 15 is 0 Å². The van der Waals surface area contributed by atoms with Gasteiger partial charge in [0.25, 0.3) is 0 Å². The highest BCUT2D eigenvalue weighted by Gasteiger charge is 2.15. The van der Waals surface area contributed by atoms with E-state index in [-0.39, 0.29) is 0 Å². The van der Waals surface area contributed by atoms with Gasteiger partial charge in [0.05, 0.1) is 0 Å². The molecule has 30 heavy (non-hydrogen) atoms. The summed E-state index contributed by atoms with van der Waals surface area (Å²) in [6.07, 6.45) is 0. The number of nitrogens with one attached hydrogen (secondary N) is 2. The van der Waals surface area contributed by atoms with Gasteiger partial charge < -0.3 is 10.2 Å². The normalized spacial score (nSPS) is 14.9. The molecule has 1 aliphatic rings. The van der Waals surface area contributed by atoms with E-state index < -0.39 is 0 Å². The molecule has 0 unspecified atom stereocenters. The van der Waals surface area contributed by atoms with Crippen molar-refractivity contribution in [3.63, 3.8) is 0 Å². The van der Waals surface area contributed by atoms with Crippen LogP contribution in [0, 0.1) is 0 Å². The number of hydrogen-bond acceptors (Lipinski definition) is 8. The molecule has 1 saturated heterocycles. The summed E-state index contributed by atoms with van der Waals surface area (Å²) in [5.74, 6) is 0.604. The first-order chi connectivity index (χ1) is 14.7. The summed E-state index contributed by atoms with van der Waals surface area (Å²) in [5.41, 5.74) is 0. The molecule has 2 aromatic carbocycles. The van der Waals surface area contributed by atoms with Crippen molar-refractivity contribution in [2.75, 3.05) is 52.4 Å². The predicted molar refractivity (Wildman–Crippen MR) is 128 cm³/mol. The molecule has 1 fully saturated rings. The molecule has 0 spiro atoms. The minimum Gasteiger partial charge on any atom is -0.508 e. The van der Waals surface area contributed by atoms with Gasteiger partial charge >= 0.3 is 0 Å². The molecule has 1 aliphatic heterocycles. The Morgan fingerprint density at radius 1 is 0.667 bits per heavy atom. The molecule has 166 valence electrons. The van der Waals surface area contributed by atoms with Crippen LogP contribution in [0.4, 0.5) is 0 Å². The fraction of sp³-hybridized carbons (Fsp3) is 0.455. The van der Waals surface area contributed by atoms with E-state index in [1.807, 2.05) is 38.1 Å². The number of hydrogen-bond donors (Lipinski definition) is 4. The van der Waals surface area contributed by atoms with Crippen molar-refractivity contribution < 1.29 is 10.2 Å². The molecule has 4 N–H and O–H groups in total. The first kappa shape index (κ1) is 24.8. The van der Waals surface area contributed by atoms with E-state index in [1.54, 1.807) is 48.2 Å². The first-order valence-electron chi connectivity index (χ1n) is 10.5. The van der Waals surface area contributed by atoms with Gasteiger partial charge in [-0.15, -0.1) is 0 Å². The van der Waals surface area contributed by atoms with Gasteiger partial charge in [0, 0.05) is 62.1 Å². The molecule has 0 atom stereocenters. The van der Waals surface area contributed by atoms with Crippen LogP contribution in [0.2, 0.25) is 0 Å². The highest BCUT2D eigenvalue weighted by molar-refractivity contribution is 7.97. The number of benzene rings is 2. The van der Waals surface area contributed by atoms with E-state index in [2.05, 4.69) is 19.2 Å². The highest BCUT2D eigenvalue weighted by atomic mass is 32.2. The molecule has 0 radical (unpaired) electrons. The first-order valence-corrected chi connectivity index (χ1v) is 12.1. The standard InChI is InChI=1S/C20H28N4O2S2.C2H6/c25-17-1-5-19(6-2-17)27-21-9-11-23-13-15-24(16-14-23)12-10-22-28-20-7-3-18(26)4-8-20;1-2/h1-8,21-22,25-26H,9-16H2;1-2H3. The summed E-state index contributed by atoms with van der Waals surface area (Å²) in [6, 6.07) is 14.5. The molecule has 6 nitrogen and oxygen atoms in total. The van der Waals surface area contributed by atoms with Gasteiger partial charge in [-0.1, -0.05) is 13.8 Å². The van der Waals surface area contributed by atoms with Gasteiger partial charge in [-0.05, 0) is 72.4 Å². The van der Waals surface area contributed by atoms with Gasteiger partial charge in [-0.2, -0.15) is 0 Å². The van der Waals surface area contributed by atoms with Gasteiger partial charge in [-0.3, -0.25) is 19.2 Å². The lowest BCUT2D eigenvalue weighted by atomic mass is 10.3. The maximum atomic E-state index is 9.30. The maximum Gasteiger partial charge on any atom is 0.115 e.